The number of hydrogen-bond donors (Lipinski definition) is 2. The molecule has 1 atom stereocenters. The van der Waals surface area contributed by atoms with Crippen molar-refractivity contribution in [2.24, 2.45) is 5.92 Å². The van der Waals surface area contributed by atoms with Crippen LogP contribution in [0.1, 0.15) is 20.3 Å². The first kappa shape index (κ1) is 15.7. The topological polar surface area (TPSA) is 104 Å². The van der Waals surface area contributed by atoms with E-state index in [-0.39, 0.29) is 30.5 Å². The molecule has 1 fully saturated rings. The van der Waals surface area contributed by atoms with Crippen LogP contribution in [0.2, 0.25) is 0 Å². The number of carbonyl (C=O) groups excluding carboxylic acids is 1. The zero-order chi connectivity index (χ0) is 14.6. The van der Waals surface area contributed by atoms with E-state index in [1.807, 2.05) is 13.8 Å². The lowest BCUT2D eigenvalue weighted by atomic mass is 10.0. The molecule has 0 aromatic heterocycles. The van der Waals surface area contributed by atoms with Gasteiger partial charge in [0.2, 0.25) is 0 Å². The van der Waals surface area contributed by atoms with E-state index in [1.165, 1.54) is 4.90 Å². The second-order valence-electron chi connectivity index (χ2n) is 5.11. The highest BCUT2D eigenvalue weighted by atomic mass is 32.2. The predicted molar refractivity (Wildman–Crippen MR) is 69.6 cm³/mol. The van der Waals surface area contributed by atoms with E-state index in [2.05, 4.69) is 5.32 Å². The largest absolute Gasteiger partial charge is 0.480 e. The van der Waals surface area contributed by atoms with Crippen LogP contribution in [-0.4, -0.2) is 61.1 Å². The van der Waals surface area contributed by atoms with Crippen LogP contribution >= 0.6 is 0 Å². The number of aliphatic carboxylic acids is 1. The van der Waals surface area contributed by atoms with Crippen LogP contribution in [0.15, 0.2) is 0 Å². The molecule has 0 radical (unpaired) electrons. The standard InChI is InChI=1S/C11H20N2O5S/c1-8(2)7-9(10(14)15)12-11(16)13-3-5-19(17,18)6-4-13/h8-9H,3-7H2,1-2H3,(H,12,16)(H,14,15)/t9-/m0/s1. The van der Waals surface area contributed by atoms with Crippen molar-refractivity contribution in [1.29, 1.82) is 0 Å². The van der Waals surface area contributed by atoms with Crippen LogP contribution in [0, 0.1) is 5.92 Å². The smallest absolute Gasteiger partial charge is 0.326 e. The highest BCUT2D eigenvalue weighted by Gasteiger charge is 2.28. The van der Waals surface area contributed by atoms with Crippen molar-refractivity contribution in [2.75, 3.05) is 24.6 Å². The van der Waals surface area contributed by atoms with Gasteiger partial charge >= 0.3 is 12.0 Å². The molecule has 19 heavy (non-hydrogen) atoms. The molecule has 8 heteroatoms. The average molecular weight is 292 g/mol. The number of hydrogen-bond acceptors (Lipinski definition) is 4. The molecule has 0 bridgehead atoms. The van der Waals surface area contributed by atoms with Crippen LogP contribution in [0.25, 0.3) is 0 Å². The maximum absolute atomic E-state index is 11.9. The first-order valence-corrected chi connectivity index (χ1v) is 8.02. The number of carbonyl (C=O) groups is 2. The van der Waals surface area contributed by atoms with Gasteiger partial charge in [-0.1, -0.05) is 13.8 Å². The monoisotopic (exact) mass is 292 g/mol. The molecule has 0 saturated carbocycles. The summed E-state index contributed by atoms with van der Waals surface area (Å²) < 4.78 is 22.5. The molecule has 0 aromatic rings. The van der Waals surface area contributed by atoms with Crippen molar-refractivity contribution in [2.45, 2.75) is 26.3 Å². The Balaban J connectivity index is 2.56. The van der Waals surface area contributed by atoms with Crippen molar-refractivity contribution in [3.05, 3.63) is 0 Å². The van der Waals surface area contributed by atoms with Gasteiger partial charge in [-0.3, -0.25) is 0 Å². The van der Waals surface area contributed by atoms with Crippen LogP contribution < -0.4 is 5.32 Å². The summed E-state index contributed by atoms with van der Waals surface area (Å²) in [4.78, 5) is 24.2. The van der Waals surface area contributed by atoms with Gasteiger partial charge in [-0.2, -0.15) is 0 Å². The Hall–Kier alpha value is -1.31. The minimum Gasteiger partial charge on any atom is -0.480 e. The normalized spacial score (nSPS) is 20.1. The molecule has 0 unspecified atom stereocenters. The number of sulfone groups is 1. The highest BCUT2D eigenvalue weighted by Crippen LogP contribution is 2.08. The van der Waals surface area contributed by atoms with Crippen LogP contribution in [0.3, 0.4) is 0 Å². The Morgan fingerprint density at radius 1 is 1.26 bits per heavy atom. The SMILES string of the molecule is CC(C)C[C@H](NC(=O)N1CCS(=O)(=O)CC1)C(=O)O. The Morgan fingerprint density at radius 3 is 2.21 bits per heavy atom. The second-order valence-corrected chi connectivity index (χ2v) is 7.41. The number of nitrogens with zero attached hydrogens (tertiary/aromatic N) is 1. The van der Waals surface area contributed by atoms with E-state index in [4.69, 9.17) is 5.11 Å². The number of nitrogens with one attached hydrogen (secondary N) is 1. The molecule has 2 N–H and O–H groups in total. The molecule has 1 rings (SSSR count). The van der Waals surface area contributed by atoms with Gasteiger partial charge < -0.3 is 15.3 Å². The summed E-state index contributed by atoms with van der Waals surface area (Å²) in [5.74, 6) is -1.07. The molecule has 1 aliphatic heterocycles. The predicted octanol–water partition coefficient (Wildman–Crippen LogP) is -0.0743. The van der Waals surface area contributed by atoms with Gasteiger partial charge in [-0.05, 0) is 12.3 Å². The third-order valence-electron chi connectivity index (χ3n) is 2.93. The molecule has 0 aromatic carbocycles. The Morgan fingerprint density at radius 2 is 1.79 bits per heavy atom. The summed E-state index contributed by atoms with van der Waals surface area (Å²) in [6, 6.07) is -1.45. The molecular weight excluding hydrogens is 272 g/mol. The van der Waals surface area contributed by atoms with Gasteiger partial charge in [0.25, 0.3) is 0 Å². The average Bonchev–Trinajstić information content (AvgIpc) is 2.27. The number of carboxylic acid groups (broad SMARTS) is 1. The second kappa shape index (κ2) is 6.23. The fourth-order valence-corrected chi connectivity index (χ4v) is 3.05. The number of urea groups is 1. The number of carboxylic acids is 1. The van der Waals surface area contributed by atoms with Crippen molar-refractivity contribution in [1.82, 2.24) is 10.2 Å². The molecule has 1 heterocycles. The summed E-state index contributed by atoms with van der Waals surface area (Å²) in [5.41, 5.74) is 0. The van der Waals surface area contributed by atoms with E-state index in [9.17, 15) is 18.0 Å². The fraction of sp³-hybridized carbons (Fsp3) is 0.818. The lowest BCUT2D eigenvalue weighted by molar-refractivity contribution is -0.139. The minimum atomic E-state index is -3.05. The first-order chi connectivity index (χ1) is 8.71. The van der Waals surface area contributed by atoms with E-state index >= 15 is 0 Å². The molecule has 0 aliphatic carbocycles. The third kappa shape index (κ3) is 5.06. The molecule has 110 valence electrons. The molecular formula is C11H20N2O5S. The number of amides is 2. The zero-order valence-corrected chi connectivity index (χ0v) is 11.9. The van der Waals surface area contributed by atoms with Gasteiger partial charge in [0, 0.05) is 13.1 Å². The van der Waals surface area contributed by atoms with E-state index in [1.54, 1.807) is 0 Å². The lowest BCUT2D eigenvalue weighted by Crippen LogP contribution is -2.52. The Kier molecular flexibility index (Phi) is 5.16. The van der Waals surface area contributed by atoms with E-state index in [0.717, 1.165) is 0 Å². The van der Waals surface area contributed by atoms with E-state index < -0.39 is 27.9 Å². The van der Waals surface area contributed by atoms with Crippen LogP contribution in [0.4, 0.5) is 4.79 Å². The van der Waals surface area contributed by atoms with Crippen molar-refractivity contribution in [3.63, 3.8) is 0 Å². The van der Waals surface area contributed by atoms with Crippen LogP contribution in [-0.2, 0) is 14.6 Å². The van der Waals surface area contributed by atoms with Crippen LogP contribution in [0.5, 0.6) is 0 Å². The van der Waals surface area contributed by atoms with Gasteiger partial charge in [0.05, 0.1) is 11.5 Å². The molecule has 0 spiro atoms. The maximum atomic E-state index is 11.9. The molecule has 2 amide bonds. The van der Waals surface area contributed by atoms with Gasteiger partial charge in [0.15, 0.2) is 9.84 Å². The van der Waals surface area contributed by atoms with Crippen molar-refractivity contribution in [3.8, 4) is 0 Å². The molecule has 7 nitrogen and oxygen atoms in total. The summed E-state index contributed by atoms with van der Waals surface area (Å²) in [6.07, 6.45) is 0.340. The first-order valence-electron chi connectivity index (χ1n) is 6.20. The van der Waals surface area contributed by atoms with Gasteiger partial charge in [-0.15, -0.1) is 0 Å². The Bertz CT molecular complexity index is 432. The van der Waals surface area contributed by atoms with Crippen molar-refractivity contribution < 1.29 is 23.1 Å². The van der Waals surface area contributed by atoms with Gasteiger partial charge in [0.1, 0.15) is 6.04 Å². The van der Waals surface area contributed by atoms with Gasteiger partial charge in [-0.25, -0.2) is 18.0 Å². The summed E-state index contributed by atoms with van der Waals surface area (Å²) in [6.45, 7) is 3.97. The highest BCUT2D eigenvalue weighted by molar-refractivity contribution is 7.91. The van der Waals surface area contributed by atoms with Crippen molar-refractivity contribution >= 4 is 21.8 Å². The Labute approximate surface area is 112 Å². The minimum absolute atomic E-state index is 0.0671. The summed E-state index contributed by atoms with van der Waals surface area (Å²) in [7, 11) is -3.05. The molecule has 1 saturated heterocycles. The summed E-state index contributed by atoms with van der Waals surface area (Å²) in [5, 5.41) is 11.5. The lowest BCUT2D eigenvalue weighted by Gasteiger charge is -2.28. The third-order valence-corrected chi connectivity index (χ3v) is 4.54. The van der Waals surface area contributed by atoms with E-state index in [0.29, 0.717) is 6.42 Å². The molecule has 1 aliphatic rings. The number of rotatable bonds is 4. The zero-order valence-electron chi connectivity index (χ0n) is 11.1. The quantitative estimate of drug-likeness (QED) is 0.754. The maximum Gasteiger partial charge on any atom is 0.326 e. The fourth-order valence-electron chi connectivity index (χ4n) is 1.85. The summed E-state index contributed by atoms with van der Waals surface area (Å²) >= 11 is 0.